The Morgan fingerprint density at radius 1 is 1.25 bits per heavy atom. The van der Waals surface area contributed by atoms with E-state index in [1.807, 2.05) is 0 Å². The largest absolute Gasteiger partial charge is 0.408 e. The second-order valence-electron chi connectivity index (χ2n) is 10.1. The van der Waals surface area contributed by atoms with E-state index in [1.165, 1.54) is 6.92 Å². The molecule has 1 heterocycles. The molecule has 1 atom stereocenters. The van der Waals surface area contributed by atoms with E-state index < -0.39 is 22.5 Å². The molecule has 0 spiro atoms. The lowest BCUT2D eigenvalue weighted by Gasteiger charge is -2.38. The van der Waals surface area contributed by atoms with Crippen LogP contribution in [0.4, 0.5) is 0 Å². The molecule has 0 radical (unpaired) electrons. The minimum atomic E-state index is -2.10. The highest BCUT2D eigenvalue weighted by Crippen LogP contribution is 2.40. The van der Waals surface area contributed by atoms with E-state index in [0.29, 0.717) is 18.0 Å². The smallest absolute Gasteiger partial charge is 0.193 e. The zero-order valence-corrected chi connectivity index (χ0v) is 21.1. The predicted molar refractivity (Wildman–Crippen MR) is 118 cm³/mol. The molecule has 160 valence electrons. The molecule has 0 aromatic carbocycles. The molecule has 0 saturated heterocycles. The number of nitrogens with zero attached hydrogens (tertiary/aromatic N) is 2. The molecule has 1 aromatic heterocycles. The number of aldehydes is 1. The number of Topliss-reactive ketones (excluding diaryl/α,β-unsaturated/α-hetero) is 1. The molecule has 0 amide bonds. The van der Waals surface area contributed by atoms with Gasteiger partial charge < -0.3 is 14.0 Å². The van der Waals surface area contributed by atoms with Crippen LogP contribution in [-0.4, -0.2) is 44.8 Å². The highest BCUT2D eigenvalue weighted by Gasteiger charge is 2.40. The summed E-state index contributed by atoms with van der Waals surface area (Å²) in [6.45, 7) is 20.1. The van der Waals surface area contributed by atoms with E-state index in [1.54, 1.807) is 10.7 Å². The number of carbonyl (C=O) groups is 2. The summed E-state index contributed by atoms with van der Waals surface area (Å²) in [4.78, 5) is 23.4. The highest BCUT2D eigenvalue weighted by atomic mass is 28.4. The van der Waals surface area contributed by atoms with Crippen LogP contribution in [0, 0.1) is 0 Å². The molecule has 0 aliphatic heterocycles. The first-order valence-corrected chi connectivity index (χ1v) is 16.6. The Kier molecular flexibility index (Phi) is 8.55. The Balaban J connectivity index is 3.03. The molecule has 8 heteroatoms. The third kappa shape index (κ3) is 7.38. The maximum absolute atomic E-state index is 12.1. The van der Waals surface area contributed by atoms with Crippen LogP contribution >= 0.6 is 0 Å². The molecule has 0 aliphatic rings. The molecule has 1 unspecified atom stereocenters. The van der Waals surface area contributed by atoms with Crippen LogP contribution in [0.2, 0.25) is 43.8 Å². The molecule has 28 heavy (non-hydrogen) atoms. The zero-order valence-electron chi connectivity index (χ0n) is 19.1. The van der Waals surface area contributed by atoms with Crippen molar-refractivity contribution >= 4 is 28.5 Å². The van der Waals surface area contributed by atoms with Crippen molar-refractivity contribution < 1.29 is 18.8 Å². The normalized spacial score (nSPS) is 14.2. The molecule has 0 saturated carbocycles. The lowest BCUT2D eigenvalue weighted by Crippen LogP contribution is -2.42. The van der Waals surface area contributed by atoms with E-state index in [2.05, 4.69) is 58.6 Å². The lowest BCUT2D eigenvalue weighted by molar-refractivity contribution is -0.109. The van der Waals surface area contributed by atoms with Gasteiger partial charge in [0.2, 0.25) is 0 Å². The molecular weight excluding hydrogens is 388 g/mol. The Labute approximate surface area is 172 Å². The maximum atomic E-state index is 12.1. The van der Waals surface area contributed by atoms with E-state index >= 15 is 0 Å². The van der Waals surface area contributed by atoms with Gasteiger partial charge in [0.25, 0.3) is 0 Å². The fourth-order valence-corrected chi connectivity index (χ4v) is 4.39. The zero-order chi connectivity index (χ0) is 21.8. The van der Waals surface area contributed by atoms with Gasteiger partial charge in [0.15, 0.2) is 14.1 Å². The third-order valence-electron chi connectivity index (χ3n) is 5.25. The first-order valence-electron chi connectivity index (χ1n) is 9.96. The minimum Gasteiger partial charge on any atom is -0.408 e. The molecule has 1 aromatic rings. The van der Waals surface area contributed by atoms with Crippen LogP contribution in [0.15, 0.2) is 6.07 Å². The summed E-state index contributed by atoms with van der Waals surface area (Å²) >= 11 is 0. The number of aromatic nitrogens is 2. The van der Waals surface area contributed by atoms with Crippen molar-refractivity contribution in [2.24, 2.45) is 0 Å². The van der Waals surface area contributed by atoms with Crippen LogP contribution in [0.5, 0.6) is 0 Å². The summed E-state index contributed by atoms with van der Waals surface area (Å²) in [6.07, 6.45) is 0.631. The van der Waals surface area contributed by atoms with Gasteiger partial charge in [0.1, 0.15) is 18.7 Å². The van der Waals surface area contributed by atoms with Crippen molar-refractivity contribution in [2.45, 2.75) is 90.8 Å². The van der Waals surface area contributed by atoms with Crippen molar-refractivity contribution in [2.75, 3.05) is 6.61 Å². The summed E-state index contributed by atoms with van der Waals surface area (Å²) < 4.78 is 13.8. The minimum absolute atomic E-state index is 0.0139. The van der Waals surface area contributed by atoms with Gasteiger partial charge in [0, 0.05) is 28.0 Å². The second kappa shape index (κ2) is 9.60. The average Bonchev–Trinajstić information content (AvgIpc) is 2.93. The second-order valence-corrected chi connectivity index (χ2v) is 20.5. The van der Waals surface area contributed by atoms with Crippen LogP contribution in [0.1, 0.15) is 56.4 Å². The summed E-state index contributed by atoms with van der Waals surface area (Å²) in [6, 6.07) is 2.80. The fourth-order valence-electron chi connectivity index (χ4n) is 2.35. The van der Waals surface area contributed by atoms with Crippen LogP contribution in [0.25, 0.3) is 0 Å². The number of ketones is 1. The Morgan fingerprint density at radius 3 is 2.32 bits per heavy atom. The van der Waals surface area contributed by atoms with Crippen LogP contribution in [0.3, 0.4) is 0 Å². The predicted octanol–water partition coefficient (Wildman–Crippen LogP) is 5.05. The van der Waals surface area contributed by atoms with Crippen molar-refractivity contribution in [3.8, 4) is 0 Å². The summed E-state index contributed by atoms with van der Waals surface area (Å²) in [5, 5.41) is 4.59. The fraction of sp³-hybridized carbons (Fsp3) is 0.750. The number of hydrogen-bond acceptors (Lipinski definition) is 5. The van der Waals surface area contributed by atoms with Crippen molar-refractivity contribution in [1.82, 2.24) is 9.78 Å². The van der Waals surface area contributed by atoms with E-state index in [-0.39, 0.29) is 24.0 Å². The Morgan fingerprint density at radius 2 is 1.86 bits per heavy atom. The molecule has 6 nitrogen and oxygen atoms in total. The van der Waals surface area contributed by atoms with E-state index in [4.69, 9.17) is 9.16 Å². The van der Waals surface area contributed by atoms with Gasteiger partial charge >= 0.3 is 0 Å². The quantitative estimate of drug-likeness (QED) is 0.214. The van der Waals surface area contributed by atoms with Gasteiger partial charge in [-0.05, 0) is 30.2 Å². The lowest BCUT2D eigenvalue weighted by atomic mass is 10.2. The van der Waals surface area contributed by atoms with Crippen molar-refractivity contribution in [1.29, 1.82) is 0 Å². The van der Waals surface area contributed by atoms with Gasteiger partial charge in [0.05, 0.1) is 11.8 Å². The summed E-state index contributed by atoms with van der Waals surface area (Å²) in [5.41, 5.74) is 1.11. The van der Waals surface area contributed by atoms with Gasteiger partial charge in [-0.15, -0.1) is 0 Å². The van der Waals surface area contributed by atoms with Crippen molar-refractivity contribution in [3.05, 3.63) is 17.5 Å². The number of carbonyl (C=O) groups excluding carboxylic acids is 2. The topological polar surface area (TPSA) is 70.4 Å². The van der Waals surface area contributed by atoms with Crippen molar-refractivity contribution in [3.63, 3.8) is 0 Å². The number of hydrogen-bond donors (Lipinski definition) is 0. The Bertz CT molecular complexity index is 673. The first-order chi connectivity index (χ1) is 12.7. The van der Waals surface area contributed by atoms with Gasteiger partial charge in [-0.3, -0.25) is 4.79 Å². The van der Waals surface area contributed by atoms with E-state index in [0.717, 1.165) is 12.3 Å². The standard InChI is InChI=1S/C20H38N2O4Si2/c1-16(24)18-14-17(21-22(18)15-25-12-13-27(5,6)7)19(10-11-23)26-28(8,9)20(2,3)4/h11,14,19H,10,12-13,15H2,1-9H3. The molecule has 0 fully saturated rings. The highest BCUT2D eigenvalue weighted by molar-refractivity contribution is 6.76. The van der Waals surface area contributed by atoms with E-state index in [9.17, 15) is 9.59 Å². The average molecular weight is 427 g/mol. The van der Waals surface area contributed by atoms with Crippen LogP contribution < -0.4 is 0 Å². The number of ether oxygens (including phenoxy) is 1. The van der Waals surface area contributed by atoms with Gasteiger partial charge in [-0.25, -0.2) is 4.68 Å². The number of rotatable bonds is 11. The molecule has 0 aliphatic carbocycles. The monoisotopic (exact) mass is 426 g/mol. The molecule has 0 N–H and O–H groups in total. The van der Waals surface area contributed by atoms with Gasteiger partial charge in [-0.2, -0.15) is 5.10 Å². The maximum Gasteiger partial charge on any atom is 0.193 e. The molecule has 1 rings (SSSR count). The molecule has 0 bridgehead atoms. The Hall–Kier alpha value is -1.10. The summed E-state index contributed by atoms with van der Waals surface area (Å²) in [7, 11) is -3.27. The third-order valence-corrected chi connectivity index (χ3v) is 11.4. The van der Waals surface area contributed by atoms with Gasteiger partial charge in [-0.1, -0.05) is 40.4 Å². The van der Waals surface area contributed by atoms with Crippen LogP contribution in [-0.2, 0) is 20.7 Å². The summed E-state index contributed by atoms with van der Waals surface area (Å²) in [5.74, 6) is -0.0790. The SMILES string of the molecule is CC(=O)c1cc(C(CC=O)O[Si](C)(C)C(C)(C)C)nn1COCC[Si](C)(C)C. The molecular formula is C20H38N2O4Si2. The first kappa shape index (κ1) is 24.9.